The van der Waals surface area contributed by atoms with Gasteiger partial charge in [-0.25, -0.2) is 0 Å². The molecule has 12 heteroatoms. The van der Waals surface area contributed by atoms with Crippen molar-refractivity contribution in [2.24, 2.45) is 0 Å². The quantitative estimate of drug-likeness (QED) is 0.0652. The summed E-state index contributed by atoms with van der Waals surface area (Å²) >= 11 is 0. The lowest BCUT2D eigenvalue weighted by Crippen LogP contribution is -2.18. The van der Waals surface area contributed by atoms with Crippen LogP contribution in [0.2, 0.25) is 0 Å². The van der Waals surface area contributed by atoms with E-state index in [9.17, 15) is 46.0 Å². The standard InChI is InChI=1S/C56H42O12/c57-34-11-2-28(3-12-34)1-4-32-19-40(63)25-45-48(32)52(55(66-45)30-7-15-36(59)16-8-30)44-24-42(65)27-47-51(44)53(56(68-47)31-9-17-37(60)18-10-31)43-23-41(64)26-46-50(43)49(33-20-38(61)22-39(62)21-33)54(67-46)29-5-13-35(58)14-6-29/h1-27,49,52-65H/b4-1+/t49-,52-,53+,54+,55+,56-/m1/s1. The molecular formula is C56H42O12. The van der Waals surface area contributed by atoms with Gasteiger partial charge in [-0.3, -0.25) is 0 Å². The number of aromatic hydroxyl groups is 9. The SMILES string of the molecule is Oc1ccc(/C=C/c2cc(O)cc3c2[C@@H](c2cc(O)cc4c2[C@H](c2cc(O)cc5c2[C@@H](c2cc(O)cc(O)c2)[C@H](c2ccc(O)cc2)O5)[C@@H](c2ccc(O)cc2)O4)[C@H](c2ccc(O)cc2)O3)cc1. The molecule has 0 spiro atoms. The lowest BCUT2D eigenvalue weighted by atomic mass is 9.73. The number of hydrogen-bond donors (Lipinski definition) is 9. The first-order chi connectivity index (χ1) is 32.8. The minimum absolute atomic E-state index is 0.0267. The van der Waals surface area contributed by atoms with Gasteiger partial charge in [0.2, 0.25) is 0 Å². The Kier molecular flexibility index (Phi) is 9.96. The second-order valence-electron chi connectivity index (χ2n) is 17.4. The summed E-state index contributed by atoms with van der Waals surface area (Å²) in [5.74, 6) is -1.73. The van der Waals surface area contributed by atoms with Crippen molar-refractivity contribution in [2.75, 3.05) is 0 Å². The van der Waals surface area contributed by atoms with Crippen molar-refractivity contribution < 1.29 is 60.2 Å². The highest BCUT2D eigenvalue weighted by Crippen LogP contribution is 2.63. The molecule has 338 valence electrons. The molecule has 0 amide bonds. The predicted molar refractivity (Wildman–Crippen MR) is 251 cm³/mol. The molecule has 11 rings (SSSR count). The van der Waals surface area contributed by atoms with Crippen LogP contribution in [0, 0.1) is 0 Å². The first-order valence-corrected chi connectivity index (χ1v) is 21.8. The van der Waals surface area contributed by atoms with Crippen LogP contribution in [-0.2, 0) is 0 Å². The second kappa shape index (κ2) is 16.2. The highest BCUT2D eigenvalue weighted by molar-refractivity contribution is 5.76. The summed E-state index contributed by atoms with van der Waals surface area (Å²) in [6.07, 6.45) is 1.25. The molecule has 0 radical (unpaired) electrons. The predicted octanol–water partition coefficient (Wildman–Crippen LogP) is 11.0. The number of fused-ring (bicyclic) bond motifs is 3. The van der Waals surface area contributed by atoms with E-state index < -0.39 is 36.1 Å². The molecule has 0 bridgehead atoms. The van der Waals surface area contributed by atoms with Crippen LogP contribution in [0.15, 0.2) is 152 Å². The van der Waals surface area contributed by atoms with Crippen molar-refractivity contribution in [3.8, 4) is 69.0 Å². The van der Waals surface area contributed by atoms with Crippen LogP contribution in [0.3, 0.4) is 0 Å². The van der Waals surface area contributed by atoms with Gasteiger partial charge in [0.15, 0.2) is 0 Å². The topological polar surface area (TPSA) is 210 Å². The highest BCUT2D eigenvalue weighted by atomic mass is 16.5. The zero-order valence-corrected chi connectivity index (χ0v) is 35.8. The monoisotopic (exact) mass is 906 g/mol. The summed E-state index contributed by atoms with van der Waals surface area (Å²) in [5.41, 5.74) is 6.86. The van der Waals surface area contributed by atoms with Gasteiger partial charge in [0.05, 0.1) is 17.8 Å². The van der Waals surface area contributed by atoms with Gasteiger partial charge in [0, 0.05) is 41.0 Å². The molecular weight excluding hydrogens is 865 g/mol. The van der Waals surface area contributed by atoms with Gasteiger partial charge in [-0.2, -0.15) is 0 Å². The van der Waals surface area contributed by atoms with E-state index in [0.29, 0.717) is 72.9 Å². The van der Waals surface area contributed by atoms with E-state index in [1.807, 2.05) is 12.2 Å². The van der Waals surface area contributed by atoms with Crippen molar-refractivity contribution in [3.63, 3.8) is 0 Å². The van der Waals surface area contributed by atoms with Gasteiger partial charge in [0.1, 0.15) is 87.3 Å². The minimum atomic E-state index is -0.856. The largest absolute Gasteiger partial charge is 0.508 e. The first-order valence-electron chi connectivity index (χ1n) is 21.8. The molecule has 0 unspecified atom stereocenters. The van der Waals surface area contributed by atoms with Crippen LogP contribution in [0.1, 0.15) is 97.3 Å². The van der Waals surface area contributed by atoms with E-state index in [1.54, 1.807) is 115 Å². The number of benzene rings is 8. The van der Waals surface area contributed by atoms with Crippen LogP contribution >= 0.6 is 0 Å². The Labute approximate surface area is 389 Å². The Bertz CT molecular complexity index is 3250. The molecule has 6 atom stereocenters. The van der Waals surface area contributed by atoms with Crippen molar-refractivity contribution in [1.82, 2.24) is 0 Å². The minimum Gasteiger partial charge on any atom is -0.508 e. The Balaban J connectivity index is 1.18. The third kappa shape index (κ3) is 7.37. The summed E-state index contributed by atoms with van der Waals surface area (Å²) in [7, 11) is 0. The van der Waals surface area contributed by atoms with E-state index in [0.717, 1.165) is 5.56 Å². The number of rotatable bonds is 8. The molecule has 0 saturated heterocycles. The molecule has 12 nitrogen and oxygen atoms in total. The van der Waals surface area contributed by atoms with E-state index >= 15 is 0 Å². The highest BCUT2D eigenvalue weighted by Gasteiger charge is 2.49. The Hall–Kier alpha value is -8.90. The molecule has 3 aliphatic heterocycles. The number of phenolic OH excluding ortho intramolecular Hbond substituents is 9. The van der Waals surface area contributed by atoms with E-state index in [-0.39, 0.29) is 51.7 Å². The van der Waals surface area contributed by atoms with Crippen LogP contribution in [0.5, 0.6) is 69.0 Å². The fraction of sp³-hybridized carbons (Fsp3) is 0.107. The normalized spacial score (nSPS) is 20.0. The van der Waals surface area contributed by atoms with E-state index in [2.05, 4.69) is 0 Å². The first kappa shape index (κ1) is 41.8. The molecule has 8 aromatic rings. The van der Waals surface area contributed by atoms with Gasteiger partial charge >= 0.3 is 0 Å². The van der Waals surface area contributed by atoms with Gasteiger partial charge in [-0.05, 0) is 123 Å². The fourth-order valence-electron chi connectivity index (χ4n) is 10.2. The Morgan fingerprint density at radius 2 is 0.647 bits per heavy atom. The zero-order chi connectivity index (χ0) is 47.0. The maximum atomic E-state index is 11.8. The lowest BCUT2D eigenvalue weighted by Gasteiger charge is -2.28. The van der Waals surface area contributed by atoms with Crippen molar-refractivity contribution in [1.29, 1.82) is 0 Å². The van der Waals surface area contributed by atoms with Crippen LogP contribution < -0.4 is 14.2 Å². The average Bonchev–Trinajstić information content (AvgIpc) is 4.01. The van der Waals surface area contributed by atoms with Crippen molar-refractivity contribution in [3.05, 3.63) is 213 Å². The Morgan fingerprint density at radius 1 is 0.294 bits per heavy atom. The van der Waals surface area contributed by atoms with Crippen LogP contribution in [-0.4, -0.2) is 46.0 Å². The van der Waals surface area contributed by atoms with Gasteiger partial charge < -0.3 is 60.2 Å². The molecule has 0 aromatic heterocycles. The number of ether oxygens (including phenoxy) is 3. The van der Waals surface area contributed by atoms with Gasteiger partial charge in [-0.1, -0.05) is 60.7 Å². The molecule has 0 saturated carbocycles. The molecule has 0 fully saturated rings. The maximum absolute atomic E-state index is 11.8. The van der Waals surface area contributed by atoms with Crippen LogP contribution in [0.4, 0.5) is 0 Å². The second-order valence-corrected chi connectivity index (χ2v) is 17.4. The molecule has 9 N–H and O–H groups in total. The summed E-state index contributed by atoms with van der Waals surface area (Å²) in [4.78, 5) is 0. The Morgan fingerprint density at radius 3 is 1.10 bits per heavy atom. The molecule has 68 heavy (non-hydrogen) atoms. The average molecular weight is 907 g/mol. The summed E-state index contributed by atoms with van der Waals surface area (Å²) in [6.45, 7) is 0. The van der Waals surface area contributed by atoms with Crippen molar-refractivity contribution >= 4 is 12.2 Å². The van der Waals surface area contributed by atoms with E-state index in [4.69, 9.17) is 14.2 Å². The molecule has 3 aliphatic rings. The summed E-state index contributed by atoms with van der Waals surface area (Å²) in [5, 5.41) is 97.7. The summed E-state index contributed by atoms with van der Waals surface area (Å²) in [6, 6.07) is 40.2. The molecule has 0 aliphatic carbocycles. The van der Waals surface area contributed by atoms with Crippen molar-refractivity contribution in [2.45, 2.75) is 36.1 Å². The molecule has 8 aromatic carbocycles. The van der Waals surface area contributed by atoms with Gasteiger partial charge in [-0.15, -0.1) is 0 Å². The zero-order valence-electron chi connectivity index (χ0n) is 35.8. The van der Waals surface area contributed by atoms with Crippen LogP contribution in [0.25, 0.3) is 12.2 Å². The third-order valence-corrected chi connectivity index (χ3v) is 13.0. The fourth-order valence-corrected chi connectivity index (χ4v) is 10.2. The number of hydrogen-bond acceptors (Lipinski definition) is 12. The van der Waals surface area contributed by atoms with E-state index in [1.165, 1.54) is 36.4 Å². The molecule has 3 heterocycles. The van der Waals surface area contributed by atoms with Gasteiger partial charge in [0.25, 0.3) is 0 Å². The number of phenols is 9. The third-order valence-electron chi connectivity index (χ3n) is 13.0. The maximum Gasteiger partial charge on any atom is 0.135 e. The summed E-state index contributed by atoms with van der Waals surface area (Å²) < 4.78 is 20.6. The smallest absolute Gasteiger partial charge is 0.135 e. The lowest BCUT2D eigenvalue weighted by molar-refractivity contribution is 0.219.